The Hall–Kier alpha value is -2.30. The Bertz CT molecular complexity index is 508. The van der Waals surface area contributed by atoms with Crippen LogP contribution in [0.3, 0.4) is 0 Å². The van der Waals surface area contributed by atoms with Crippen molar-refractivity contribution >= 4 is 18.0 Å². The highest BCUT2D eigenvalue weighted by atomic mass is 16.5. The molecule has 5 heteroatoms. The second-order valence-corrected chi connectivity index (χ2v) is 3.59. The van der Waals surface area contributed by atoms with Gasteiger partial charge in [-0.05, 0) is 12.1 Å². The molecular formula is C12H12N2O3. The van der Waals surface area contributed by atoms with Crippen molar-refractivity contribution in [3.63, 3.8) is 0 Å². The number of benzene rings is 1. The van der Waals surface area contributed by atoms with Gasteiger partial charge in [0.15, 0.2) is 0 Å². The molecule has 5 nitrogen and oxygen atoms in total. The molecule has 1 saturated heterocycles. The first-order valence-corrected chi connectivity index (χ1v) is 5.07. The number of methoxy groups -OCH3 is 1. The van der Waals surface area contributed by atoms with Crippen molar-refractivity contribution in [3.05, 3.63) is 35.5 Å². The van der Waals surface area contributed by atoms with Crippen LogP contribution >= 0.6 is 0 Å². The highest BCUT2D eigenvalue weighted by Crippen LogP contribution is 2.21. The van der Waals surface area contributed by atoms with Crippen molar-refractivity contribution in [2.24, 2.45) is 0 Å². The molecule has 1 aromatic carbocycles. The lowest BCUT2D eigenvalue weighted by atomic mass is 10.1. The van der Waals surface area contributed by atoms with Crippen molar-refractivity contribution < 1.29 is 14.3 Å². The summed E-state index contributed by atoms with van der Waals surface area (Å²) in [6.45, 7) is 0. The molecule has 0 radical (unpaired) electrons. The molecule has 1 fully saturated rings. The molecule has 88 valence electrons. The molecule has 2 rings (SSSR count). The highest BCUT2D eigenvalue weighted by molar-refractivity contribution is 6.13. The maximum Gasteiger partial charge on any atom is 0.328 e. The van der Waals surface area contributed by atoms with Crippen LogP contribution in [0.5, 0.6) is 5.75 Å². The SMILES string of the molecule is COc1ccccc1C=C1NC(=O)N(C)C1=O. The summed E-state index contributed by atoms with van der Waals surface area (Å²) in [6.07, 6.45) is 1.60. The number of carbonyl (C=O) groups is 2. The average molecular weight is 232 g/mol. The summed E-state index contributed by atoms with van der Waals surface area (Å²) in [5, 5.41) is 2.50. The number of amides is 3. The van der Waals surface area contributed by atoms with E-state index in [0.717, 1.165) is 10.5 Å². The zero-order valence-corrected chi connectivity index (χ0v) is 9.56. The zero-order chi connectivity index (χ0) is 12.4. The molecule has 0 atom stereocenters. The van der Waals surface area contributed by atoms with Crippen LogP contribution < -0.4 is 10.1 Å². The number of urea groups is 1. The lowest BCUT2D eigenvalue weighted by Gasteiger charge is -2.04. The summed E-state index contributed by atoms with van der Waals surface area (Å²) >= 11 is 0. The van der Waals surface area contributed by atoms with Crippen molar-refractivity contribution in [3.8, 4) is 5.75 Å². The number of nitrogens with one attached hydrogen (secondary N) is 1. The van der Waals surface area contributed by atoms with E-state index < -0.39 is 6.03 Å². The van der Waals surface area contributed by atoms with Gasteiger partial charge in [0.1, 0.15) is 11.4 Å². The van der Waals surface area contributed by atoms with Crippen molar-refractivity contribution in [1.29, 1.82) is 0 Å². The highest BCUT2D eigenvalue weighted by Gasteiger charge is 2.30. The van der Waals surface area contributed by atoms with E-state index >= 15 is 0 Å². The van der Waals surface area contributed by atoms with Crippen LogP contribution in [0, 0.1) is 0 Å². The predicted molar refractivity (Wildman–Crippen MR) is 62.3 cm³/mol. The summed E-state index contributed by atoms with van der Waals surface area (Å²) < 4.78 is 5.16. The van der Waals surface area contributed by atoms with Crippen LogP contribution in [-0.4, -0.2) is 31.0 Å². The summed E-state index contributed by atoms with van der Waals surface area (Å²) in [5.41, 5.74) is 0.996. The van der Waals surface area contributed by atoms with Crippen molar-refractivity contribution in [2.75, 3.05) is 14.2 Å². The average Bonchev–Trinajstić information content (AvgIpc) is 2.58. The summed E-state index contributed by atoms with van der Waals surface area (Å²) in [7, 11) is 2.99. The second-order valence-electron chi connectivity index (χ2n) is 3.59. The third kappa shape index (κ3) is 1.99. The molecular weight excluding hydrogens is 220 g/mol. The van der Waals surface area contributed by atoms with E-state index in [0.29, 0.717) is 5.75 Å². The van der Waals surface area contributed by atoms with Gasteiger partial charge >= 0.3 is 6.03 Å². The smallest absolute Gasteiger partial charge is 0.328 e. The minimum absolute atomic E-state index is 0.252. The number of hydrogen-bond acceptors (Lipinski definition) is 3. The van der Waals surface area contributed by atoms with Gasteiger partial charge in [-0.25, -0.2) is 4.79 Å². The minimum atomic E-state index is -0.420. The number of carbonyl (C=O) groups excluding carboxylic acids is 2. The molecule has 1 N–H and O–H groups in total. The van der Waals surface area contributed by atoms with E-state index in [1.54, 1.807) is 19.3 Å². The van der Waals surface area contributed by atoms with Gasteiger partial charge in [-0.2, -0.15) is 0 Å². The van der Waals surface area contributed by atoms with Gasteiger partial charge in [0.25, 0.3) is 5.91 Å². The Morgan fingerprint density at radius 3 is 2.59 bits per heavy atom. The number of rotatable bonds is 2. The van der Waals surface area contributed by atoms with Gasteiger partial charge in [0, 0.05) is 12.6 Å². The first-order chi connectivity index (χ1) is 8.13. The van der Waals surface area contributed by atoms with Gasteiger partial charge < -0.3 is 10.1 Å². The van der Waals surface area contributed by atoms with Gasteiger partial charge in [-0.3, -0.25) is 9.69 Å². The molecule has 0 aromatic heterocycles. The summed E-state index contributed by atoms with van der Waals surface area (Å²) in [6, 6.07) is 6.85. The van der Waals surface area contributed by atoms with E-state index in [-0.39, 0.29) is 11.6 Å². The molecule has 0 saturated carbocycles. The zero-order valence-electron chi connectivity index (χ0n) is 9.56. The summed E-state index contributed by atoms with van der Waals surface area (Å²) in [4.78, 5) is 23.9. The van der Waals surface area contributed by atoms with Crippen LogP contribution in [0.15, 0.2) is 30.0 Å². The fourth-order valence-electron chi connectivity index (χ4n) is 1.56. The van der Waals surface area contributed by atoms with Crippen LogP contribution in [0.1, 0.15) is 5.56 Å². The molecule has 1 aliphatic heterocycles. The fraction of sp³-hybridized carbons (Fsp3) is 0.167. The second kappa shape index (κ2) is 4.29. The predicted octanol–water partition coefficient (Wildman–Crippen LogP) is 1.22. The monoisotopic (exact) mass is 232 g/mol. The minimum Gasteiger partial charge on any atom is -0.496 e. The molecule has 1 aromatic rings. The Morgan fingerprint density at radius 1 is 1.29 bits per heavy atom. The van der Waals surface area contributed by atoms with Crippen molar-refractivity contribution in [1.82, 2.24) is 10.2 Å². The molecule has 0 bridgehead atoms. The molecule has 17 heavy (non-hydrogen) atoms. The summed E-state index contributed by atoms with van der Waals surface area (Å²) in [5.74, 6) is 0.303. The number of ether oxygens (including phenoxy) is 1. The normalized spacial score (nSPS) is 17.5. The number of nitrogens with zero attached hydrogens (tertiary/aromatic N) is 1. The van der Waals surface area contributed by atoms with Crippen molar-refractivity contribution in [2.45, 2.75) is 0 Å². The maximum atomic E-state index is 11.7. The van der Waals surface area contributed by atoms with E-state index in [4.69, 9.17) is 4.74 Å². The molecule has 0 unspecified atom stereocenters. The molecule has 3 amide bonds. The largest absolute Gasteiger partial charge is 0.496 e. The van der Waals surface area contributed by atoms with E-state index in [1.807, 2.05) is 18.2 Å². The lowest BCUT2D eigenvalue weighted by molar-refractivity contribution is -0.121. The third-order valence-electron chi connectivity index (χ3n) is 2.52. The van der Waals surface area contributed by atoms with Gasteiger partial charge in [0.2, 0.25) is 0 Å². The third-order valence-corrected chi connectivity index (χ3v) is 2.52. The topological polar surface area (TPSA) is 58.6 Å². The first kappa shape index (κ1) is 11.2. The van der Waals surface area contributed by atoms with E-state index in [2.05, 4.69) is 5.32 Å². The van der Waals surface area contributed by atoms with Crippen LogP contribution in [0.2, 0.25) is 0 Å². The first-order valence-electron chi connectivity index (χ1n) is 5.07. The van der Waals surface area contributed by atoms with E-state index in [1.165, 1.54) is 7.05 Å². The van der Waals surface area contributed by atoms with Gasteiger partial charge in [0.05, 0.1) is 7.11 Å². The lowest BCUT2D eigenvalue weighted by Crippen LogP contribution is -2.25. The Balaban J connectivity index is 2.37. The Kier molecular flexibility index (Phi) is 2.82. The van der Waals surface area contributed by atoms with Crippen LogP contribution in [-0.2, 0) is 4.79 Å². The Labute approximate surface area is 98.7 Å². The molecule has 1 aliphatic rings. The van der Waals surface area contributed by atoms with Gasteiger partial charge in [-0.1, -0.05) is 18.2 Å². The Morgan fingerprint density at radius 2 is 2.00 bits per heavy atom. The molecule has 1 heterocycles. The molecule has 0 spiro atoms. The van der Waals surface area contributed by atoms with Crippen LogP contribution in [0.25, 0.3) is 6.08 Å². The fourth-order valence-corrected chi connectivity index (χ4v) is 1.56. The van der Waals surface area contributed by atoms with Crippen LogP contribution in [0.4, 0.5) is 4.79 Å². The number of likely N-dealkylation sites (N-methyl/N-ethyl adjacent to an activating group) is 1. The maximum absolute atomic E-state index is 11.7. The van der Waals surface area contributed by atoms with Gasteiger partial charge in [-0.15, -0.1) is 0 Å². The quantitative estimate of drug-likeness (QED) is 0.616. The number of imide groups is 1. The number of para-hydroxylation sites is 1. The number of hydrogen-bond donors (Lipinski definition) is 1. The van der Waals surface area contributed by atoms with E-state index in [9.17, 15) is 9.59 Å². The standard InChI is InChI=1S/C12H12N2O3/c1-14-11(15)9(13-12(14)16)7-8-5-3-4-6-10(8)17-2/h3-7H,1-2H3,(H,13,16). The molecule has 0 aliphatic carbocycles.